The maximum absolute atomic E-state index is 12.3. The first-order chi connectivity index (χ1) is 11.6. The van der Waals surface area contributed by atoms with Crippen LogP contribution in [-0.2, 0) is 0 Å². The second kappa shape index (κ2) is 6.76. The van der Waals surface area contributed by atoms with Crippen molar-refractivity contribution in [2.24, 2.45) is 0 Å². The number of aromatic amines is 1. The Morgan fingerprint density at radius 3 is 2.46 bits per heavy atom. The van der Waals surface area contributed by atoms with Crippen LogP contribution < -0.4 is 15.0 Å². The minimum Gasteiger partial charge on any atom is -0.493 e. The lowest BCUT2D eigenvalue weighted by atomic mass is 10.2. The molecule has 1 N–H and O–H groups in total. The molecule has 1 heterocycles. The van der Waals surface area contributed by atoms with Crippen molar-refractivity contribution in [1.82, 2.24) is 9.97 Å². The molecule has 0 fully saturated rings. The molecule has 0 saturated heterocycles. The van der Waals surface area contributed by atoms with Gasteiger partial charge >= 0.3 is 0 Å². The van der Waals surface area contributed by atoms with Crippen molar-refractivity contribution in [1.29, 1.82) is 0 Å². The molecule has 0 atom stereocenters. The lowest BCUT2D eigenvalue weighted by Gasteiger charge is -2.09. The van der Waals surface area contributed by atoms with E-state index in [4.69, 9.17) is 21.1 Å². The molecule has 0 spiro atoms. The highest BCUT2D eigenvalue weighted by Crippen LogP contribution is 2.30. The number of hydrogen-bond donors (Lipinski definition) is 1. The Morgan fingerprint density at radius 2 is 1.79 bits per heavy atom. The predicted molar refractivity (Wildman–Crippen MR) is 95.6 cm³/mol. The first kappa shape index (κ1) is 16.1. The number of ether oxygens (including phenoxy) is 2. The average Bonchev–Trinajstić information content (AvgIpc) is 2.61. The molecule has 0 aliphatic heterocycles. The molecule has 2 aromatic carbocycles. The van der Waals surface area contributed by atoms with Crippen LogP contribution in [0.2, 0.25) is 0 Å². The number of methoxy groups -OCH3 is 2. The van der Waals surface area contributed by atoms with E-state index in [-0.39, 0.29) is 5.56 Å². The van der Waals surface area contributed by atoms with E-state index in [1.807, 2.05) is 30.3 Å². The smallest absolute Gasteiger partial charge is 0.259 e. The highest BCUT2D eigenvalue weighted by atomic mass is 35.5. The molecule has 0 unspecified atom stereocenters. The summed E-state index contributed by atoms with van der Waals surface area (Å²) < 4.78 is 10.5. The van der Waals surface area contributed by atoms with Crippen molar-refractivity contribution >= 4 is 33.6 Å². The number of nitrogens with zero attached hydrogens (tertiary/aromatic N) is 1. The molecule has 0 aliphatic rings. The molecule has 3 aromatic rings. The molecular formula is C18H15ClN2O3. The van der Waals surface area contributed by atoms with Gasteiger partial charge in [-0.25, -0.2) is 4.98 Å². The van der Waals surface area contributed by atoms with Crippen molar-refractivity contribution in [2.45, 2.75) is 0 Å². The molecule has 6 heteroatoms. The summed E-state index contributed by atoms with van der Waals surface area (Å²) in [5.74, 6) is 1.26. The van der Waals surface area contributed by atoms with E-state index in [9.17, 15) is 4.79 Å². The zero-order chi connectivity index (χ0) is 17.1. The van der Waals surface area contributed by atoms with Gasteiger partial charge in [-0.15, -0.1) is 0 Å². The quantitative estimate of drug-likeness (QED) is 0.785. The number of halogens is 1. The van der Waals surface area contributed by atoms with E-state index in [1.165, 1.54) is 14.2 Å². The predicted octanol–water partition coefficient (Wildman–Crippen LogP) is 3.68. The van der Waals surface area contributed by atoms with Crippen molar-refractivity contribution < 1.29 is 9.47 Å². The van der Waals surface area contributed by atoms with Gasteiger partial charge in [0.2, 0.25) is 0 Å². The Balaban J connectivity index is 2.13. The molecule has 0 radical (unpaired) electrons. The van der Waals surface area contributed by atoms with E-state index in [0.29, 0.717) is 33.3 Å². The van der Waals surface area contributed by atoms with E-state index >= 15 is 0 Å². The van der Waals surface area contributed by atoms with Gasteiger partial charge in [0, 0.05) is 6.07 Å². The molecule has 1 aromatic heterocycles. The van der Waals surface area contributed by atoms with Gasteiger partial charge < -0.3 is 14.5 Å². The highest BCUT2D eigenvalue weighted by Gasteiger charge is 2.12. The van der Waals surface area contributed by atoms with Crippen LogP contribution in [0, 0.1) is 0 Å². The third-order valence-corrected chi connectivity index (χ3v) is 3.82. The Morgan fingerprint density at radius 1 is 1.12 bits per heavy atom. The fourth-order valence-corrected chi connectivity index (χ4v) is 2.56. The highest BCUT2D eigenvalue weighted by molar-refractivity contribution is 6.50. The summed E-state index contributed by atoms with van der Waals surface area (Å²) in [5, 5.41) is 0.746. The number of rotatable bonds is 4. The van der Waals surface area contributed by atoms with Gasteiger partial charge in [0.05, 0.1) is 30.2 Å². The largest absolute Gasteiger partial charge is 0.493 e. The van der Waals surface area contributed by atoms with Crippen LogP contribution >= 0.6 is 11.6 Å². The summed E-state index contributed by atoms with van der Waals surface area (Å²) in [6.45, 7) is 0. The zero-order valence-electron chi connectivity index (χ0n) is 13.2. The normalized spacial score (nSPS) is 11.5. The Labute approximate surface area is 143 Å². The van der Waals surface area contributed by atoms with Crippen LogP contribution in [0.1, 0.15) is 11.4 Å². The number of hydrogen-bond acceptors (Lipinski definition) is 4. The third kappa shape index (κ3) is 3.12. The molecule has 0 amide bonds. The second-order valence-electron chi connectivity index (χ2n) is 5.04. The molecule has 0 aliphatic carbocycles. The fraction of sp³-hybridized carbons (Fsp3) is 0.111. The van der Waals surface area contributed by atoms with Crippen LogP contribution in [0.5, 0.6) is 11.5 Å². The van der Waals surface area contributed by atoms with E-state index in [2.05, 4.69) is 9.97 Å². The number of nitrogens with one attached hydrogen (secondary N) is 1. The lowest BCUT2D eigenvalue weighted by molar-refractivity contribution is 0.355. The Kier molecular flexibility index (Phi) is 4.53. The van der Waals surface area contributed by atoms with Gasteiger partial charge in [0.25, 0.3) is 5.56 Å². The Bertz CT molecular complexity index is 965. The van der Waals surface area contributed by atoms with Crippen molar-refractivity contribution in [2.75, 3.05) is 14.2 Å². The summed E-state index contributed by atoms with van der Waals surface area (Å²) in [4.78, 5) is 19.5. The summed E-state index contributed by atoms with van der Waals surface area (Å²) in [6.07, 6.45) is 1.74. The van der Waals surface area contributed by atoms with Gasteiger partial charge in [-0.1, -0.05) is 41.9 Å². The first-order valence-electron chi connectivity index (χ1n) is 7.21. The van der Waals surface area contributed by atoms with Crippen molar-refractivity contribution in [3.63, 3.8) is 0 Å². The number of aromatic nitrogens is 2. The number of benzene rings is 2. The maximum atomic E-state index is 12.3. The summed E-state index contributed by atoms with van der Waals surface area (Å²) in [5.41, 5.74) is 1.10. The third-order valence-electron chi connectivity index (χ3n) is 3.53. The lowest BCUT2D eigenvalue weighted by Crippen LogP contribution is -2.11. The SMILES string of the molecule is COc1cc2nc(C(Cl)=Cc3ccccc3)[nH]c(=O)c2cc1OC. The standard InChI is InChI=1S/C18H15ClN2O3/c1-23-15-9-12-14(10-16(15)24-2)20-17(21-18(12)22)13(19)8-11-6-4-3-5-7-11/h3-10H,1-2H3,(H,20,21,22). The Hall–Kier alpha value is -2.79. The fourth-order valence-electron chi connectivity index (χ4n) is 2.34. The van der Waals surface area contributed by atoms with E-state index in [0.717, 1.165) is 5.56 Å². The van der Waals surface area contributed by atoms with Gasteiger partial charge in [0.15, 0.2) is 17.3 Å². The van der Waals surface area contributed by atoms with Crippen molar-refractivity contribution in [3.05, 3.63) is 64.2 Å². The summed E-state index contributed by atoms with van der Waals surface area (Å²) in [6, 6.07) is 12.8. The van der Waals surface area contributed by atoms with Crippen LogP contribution in [0.25, 0.3) is 22.0 Å². The van der Waals surface area contributed by atoms with Crippen LogP contribution in [0.15, 0.2) is 47.3 Å². The molecule has 3 rings (SSSR count). The maximum Gasteiger partial charge on any atom is 0.259 e. The second-order valence-corrected chi connectivity index (χ2v) is 5.45. The van der Waals surface area contributed by atoms with Gasteiger partial charge in [-0.2, -0.15) is 0 Å². The molecular weight excluding hydrogens is 328 g/mol. The molecule has 5 nitrogen and oxygen atoms in total. The first-order valence-corrected chi connectivity index (χ1v) is 7.59. The van der Waals surface area contributed by atoms with E-state index in [1.54, 1.807) is 18.2 Å². The number of fused-ring (bicyclic) bond motifs is 1. The minimum absolute atomic E-state index is 0.296. The monoisotopic (exact) mass is 342 g/mol. The molecule has 24 heavy (non-hydrogen) atoms. The van der Waals surface area contributed by atoms with Crippen LogP contribution in [0.4, 0.5) is 0 Å². The molecule has 122 valence electrons. The summed E-state index contributed by atoms with van der Waals surface area (Å²) >= 11 is 6.32. The van der Waals surface area contributed by atoms with E-state index < -0.39 is 0 Å². The average molecular weight is 343 g/mol. The topological polar surface area (TPSA) is 64.2 Å². The van der Waals surface area contributed by atoms with Gasteiger partial charge in [-0.05, 0) is 17.7 Å². The molecule has 0 saturated carbocycles. The number of H-pyrrole nitrogens is 1. The van der Waals surface area contributed by atoms with Crippen molar-refractivity contribution in [3.8, 4) is 11.5 Å². The minimum atomic E-state index is -0.296. The molecule has 0 bridgehead atoms. The van der Waals surface area contributed by atoms with Gasteiger partial charge in [0.1, 0.15) is 0 Å². The van der Waals surface area contributed by atoms with Crippen LogP contribution in [-0.4, -0.2) is 24.2 Å². The zero-order valence-corrected chi connectivity index (χ0v) is 13.9. The van der Waals surface area contributed by atoms with Gasteiger partial charge in [-0.3, -0.25) is 4.79 Å². The summed E-state index contributed by atoms with van der Waals surface area (Å²) in [7, 11) is 3.04. The van der Waals surface area contributed by atoms with Crippen LogP contribution in [0.3, 0.4) is 0 Å².